The van der Waals surface area contributed by atoms with Crippen LogP contribution in [0.25, 0.3) is 0 Å². The zero-order chi connectivity index (χ0) is 13.1. The molecule has 98 valence electrons. The monoisotopic (exact) mass is 261 g/mol. The molecule has 0 spiro atoms. The predicted molar refractivity (Wildman–Crippen MR) is 64.6 cm³/mol. The quantitative estimate of drug-likeness (QED) is 0.754. The summed E-state index contributed by atoms with van der Waals surface area (Å²) in [6.07, 6.45) is 2.08. The second-order valence-electron chi connectivity index (χ2n) is 4.41. The number of ether oxygens (including phenoxy) is 1. The third-order valence-electron chi connectivity index (χ3n) is 3.23. The molecule has 0 radical (unpaired) electrons. The fourth-order valence-electron chi connectivity index (χ4n) is 2.14. The van der Waals surface area contributed by atoms with Gasteiger partial charge in [0.05, 0.1) is 12.0 Å². The summed E-state index contributed by atoms with van der Waals surface area (Å²) in [5, 5.41) is 0.858. The first-order valence-corrected chi connectivity index (χ1v) is 7.22. The molecule has 0 aliphatic heterocycles. The van der Waals surface area contributed by atoms with Crippen molar-refractivity contribution in [3.63, 3.8) is 0 Å². The Bertz CT molecular complexity index is 404. The predicted octanol–water partition coefficient (Wildman–Crippen LogP) is 1.17. The fourth-order valence-corrected chi connectivity index (χ4v) is 3.01. The van der Waals surface area contributed by atoms with E-state index in [9.17, 15) is 13.2 Å². The number of hydrogen-bond donors (Lipinski definition) is 1. The normalized spacial score (nSPS) is 28.9. The molecule has 0 bridgehead atoms. The smallest absolute Gasteiger partial charge is 0.313 e. The molecule has 0 aromatic heterocycles. The van der Waals surface area contributed by atoms with E-state index in [1.807, 2.05) is 0 Å². The van der Waals surface area contributed by atoms with Crippen molar-refractivity contribution in [2.24, 2.45) is 5.41 Å². The first-order valence-electron chi connectivity index (χ1n) is 5.67. The lowest BCUT2D eigenvalue weighted by atomic mass is 9.85. The van der Waals surface area contributed by atoms with E-state index in [1.165, 1.54) is 0 Å². The van der Waals surface area contributed by atoms with Crippen molar-refractivity contribution in [3.8, 4) is 0 Å². The van der Waals surface area contributed by atoms with E-state index < -0.39 is 21.5 Å². The minimum atomic E-state index is -3.52. The Kier molecular flexibility index (Phi) is 4.32. The molecule has 0 aromatic carbocycles. The number of rotatable bonds is 5. The number of hydrogen-bond acceptors (Lipinski definition) is 4. The van der Waals surface area contributed by atoms with E-state index >= 15 is 0 Å². The van der Waals surface area contributed by atoms with Gasteiger partial charge < -0.3 is 4.74 Å². The summed E-state index contributed by atoms with van der Waals surface area (Å²) >= 11 is 0. The summed E-state index contributed by atoms with van der Waals surface area (Å²) in [5.41, 5.74) is -0.772. The number of carbonyl (C=O) groups excluding carboxylic acids is 1. The Labute approximate surface area is 102 Å². The molecule has 1 aliphatic rings. The minimum Gasteiger partial charge on any atom is -0.466 e. The average molecular weight is 261 g/mol. The van der Waals surface area contributed by atoms with Gasteiger partial charge in [0.1, 0.15) is 0 Å². The van der Waals surface area contributed by atoms with Gasteiger partial charge in [-0.2, -0.15) is 0 Å². The highest BCUT2D eigenvalue weighted by atomic mass is 32.2. The van der Waals surface area contributed by atoms with Crippen LogP contribution in [-0.4, -0.2) is 27.0 Å². The van der Waals surface area contributed by atoms with Gasteiger partial charge in [0.15, 0.2) is 0 Å². The average Bonchev–Trinajstić information content (AvgIpc) is 2.62. The largest absolute Gasteiger partial charge is 0.466 e. The van der Waals surface area contributed by atoms with Crippen LogP contribution in [0, 0.1) is 5.41 Å². The van der Waals surface area contributed by atoms with Crippen LogP contribution in [0.2, 0.25) is 0 Å². The molecule has 0 saturated heterocycles. The van der Waals surface area contributed by atoms with Crippen molar-refractivity contribution in [2.45, 2.75) is 39.2 Å². The van der Waals surface area contributed by atoms with Gasteiger partial charge in [-0.15, -0.1) is 0 Å². The van der Waals surface area contributed by atoms with Crippen molar-refractivity contribution >= 4 is 16.0 Å². The maximum absolute atomic E-state index is 11.9. The summed E-state index contributed by atoms with van der Waals surface area (Å²) in [4.78, 5) is 11.9. The molecule has 1 aliphatic carbocycles. The van der Waals surface area contributed by atoms with E-state index in [-0.39, 0.29) is 5.97 Å². The zero-order valence-electron chi connectivity index (χ0n) is 10.2. The lowest BCUT2D eigenvalue weighted by Crippen LogP contribution is -2.47. The van der Waals surface area contributed by atoms with Gasteiger partial charge in [0.2, 0.25) is 10.0 Å². The van der Waals surface area contributed by atoms with Crippen LogP contribution in [0.5, 0.6) is 0 Å². The third-order valence-corrected chi connectivity index (χ3v) is 4.28. The Morgan fingerprint density at radius 3 is 2.82 bits per heavy atom. The van der Waals surface area contributed by atoms with Crippen molar-refractivity contribution < 1.29 is 17.9 Å². The van der Waals surface area contributed by atoms with Crippen LogP contribution in [0.15, 0.2) is 12.0 Å². The second-order valence-corrected chi connectivity index (χ2v) is 6.07. The highest BCUT2D eigenvalue weighted by Gasteiger charge is 2.47. The maximum Gasteiger partial charge on any atom is 0.313 e. The minimum absolute atomic E-state index is 0.301. The molecular weight excluding hydrogens is 242 g/mol. The Hall–Kier alpha value is -0.880. The summed E-state index contributed by atoms with van der Waals surface area (Å²) < 4.78 is 30.4. The fraction of sp³-hybridized carbons (Fsp3) is 0.727. The maximum atomic E-state index is 11.9. The molecule has 17 heavy (non-hydrogen) atoms. The summed E-state index contributed by atoms with van der Waals surface area (Å²) in [5.74, 6) is -0.339. The summed E-state index contributed by atoms with van der Waals surface area (Å²) in [7, 11) is -3.52. The van der Waals surface area contributed by atoms with Gasteiger partial charge in [-0.1, -0.05) is 13.0 Å². The topological polar surface area (TPSA) is 72.5 Å². The zero-order valence-corrected chi connectivity index (χ0v) is 11.0. The Morgan fingerprint density at radius 1 is 1.65 bits per heavy atom. The first kappa shape index (κ1) is 14.2. The van der Waals surface area contributed by atoms with Crippen LogP contribution in [0.3, 0.4) is 0 Å². The van der Waals surface area contributed by atoms with E-state index in [1.54, 1.807) is 13.8 Å². The van der Waals surface area contributed by atoms with Gasteiger partial charge >= 0.3 is 5.97 Å². The van der Waals surface area contributed by atoms with E-state index in [2.05, 4.69) is 11.3 Å². The lowest BCUT2D eigenvalue weighted by Gasteiger charge is -2.29. The first-order chi connectivity index (χ1) is 7.85. The molecule has 1 fully saturated rings. The highest BCUT2D eigenvalue weighted by molar-refractivity contribution is 7.92. The summed E-state index contributed by atoms with van der Waals surface area (Å²) in [6.45, 7) is 7.02. The van der Waals surface area contributed by atoms with Crippen LogP contribution < -0.4 is 4.72 Å². The summed E-state index contributed by atoms with van der Waals surface area (Å²) in [6, 6.07) is -0.412. The molecule has 0 aromatic rings. The molecule has 2 atom stereocenters. The van der Waals surface area contributed by atoms with Crippen LogP contribution in [-0.2, 0) is 19.6 Å². The van der Waals surface area contributed by atoms with Crippen LogP contribution in [0.1, 0.15) is 33.1 Å². The van der Waals surface area contributed by atoms with Crippen molar-refractivity contribution in [1.29, 1.82) is 0 Å². The van der Waals surface area contributed by atoms with Crippen molar-refractivity contribution in [2.75, 3.05) is 6.61 Å². The molecule has 5 nitrogen and oxygen atoms in total. The Balaban J connectivity index is 2.85. The van der Waals surface area contributed by atoms with Crippen molar-refractivity contribution in [1.82, 2.24) is 4.72 Å². The van der Waals surface area contributed by atoms with Gasteiger partial charge in [-0.05, 0) is 26.7 Å². The second kappa shape index (κ2) is 5.18. The third kappa shape index (κ3) is 3.07. The van der Waals surface area contributed by atoms with Gasteiger partial charge in [0, 0.05) is 11.4 Å². The van der Waals surface area contributed by atoms with Crippen LogP contribution in [0.4, 0.5) is 0 Å². The SMILES string of the molecule is C=CS(=O)(=O)NC1CCCC1(C)C(=O)OCC. The number of esters is 1. The molecule has 0 amide bonds. The molecule has 2 unspecified atom stereocenters. The van der Waals surface area contributed by atoms with E-state index in [4.69, 9.17) is 4.74 Å². The van der Waals surface area contributed by atoms with Gasteiger partial charge in [0.25, 0.3) is 0 Å². The number of sulfonamides is 1. The standard InChI is InChI=1S/C11H19NO4S/c1-4-16-10(13)11(3)8-6-7-9(11)12-17(14,15)5-2/h5,9,12H,2,4,6-8H2,1,3H3. The van der Waals surface area contributed by atoms with Gasteiger partial charge in [-0.25, -0.2) is 13.1 Å². The molecule has 0 heterocycles. The highest BCUT2D eigenvalue weighted by Crippen LogP contribution is 2.39. The van der Waals surface area contributed by atoms with Crippen LogP contribution >= 0.6 is 0 Å². The number of nitrogens with one attached hydrogen (secondary N) is 1. The lowest BCUT2D eigenvalue weighted by molar-refractivity contribution is -0.155. The van der Waals surface area contributed by atoms with Gasteiger partial charge in [-0.3, -0.25) is 4.79 Å². The van der Waals surface area contributed by atoms with E-state index in [0.29, 0.717) is 19.4 Å². The molecule has 6 heteroatoms. The Morgan fingerprint density at radius 2 is 2.29 bits per heavy atom. The van der Waals surface area contributed by atoms with E-state index in [0.717, 1.165) is 11.8 Å². The molecule has 1 saturated carbocycles. The number of carbonyl (C=O) groups is 1. The molecule has 1 rings (SSSR count). The molecular formula is C11H19NO4S. The van der Waals surface area contributed by atoms with Crippen molar-refractivity contribution in [3.05, 3.63) is 12.0 Å². The molecule has 1 N–H and O–H groups in total.